The van der Waals surface area contributed by atoms with Crippen molar-refractivity contribution < 1.29 is 9.53 Å². The number of amides is 1. The number of nitrogens with zero attached hydrogens (tertiary/aromatic N) is 1. The Morgan fingerprint density at radius 3 is 3.07 bits per heavy atom. The Bertz CT molecular complexity index is 334. The van der Waals surface area contributed by atoms with E-state index in [1.807, 2.05) is 19.1 Å². The number of rotatable bonds is 1. The molecule has 1 amide bonds. The van der Waals surface area contributed by atoms with Gasteiger partial charge in [0.1, 0.15) is 6.61 Å². The van der Waals surface area contributed by atoms with Crippen LogP contribution in [0, 0.1) is 6.92 Å². The standard InChI is InChI=1S/C10H12N2O2/c1-7-2-3-8(11-4-7)9-5-14-6-10(13)12-9/h2-4,9H,5-6H2,1H3,(H,12,13). The highest BCUT2D eigenvalue weighted by Crippen LogP contribution is 2.13. The highest BCUT2D eigenvalue weighted by atomic mass is 16.5. The van der Waals surface area contributed by atoms with Crippen molar-refractivity contribution in [3.63, 3.8) is 0 Å². The molecule has 1 fully saturated rings. The zero-order valence-electron chi connectivity index (χ0n) is 7.99. The van der Waals surface area contributed by atoms with Gasteiger partial charge in [0, 0.05) is 6.20 Å². The highest BCUT2D eigenvalue weighted by molar-refractivity contribution is 5.78. The molecule has 0 bridgehead atoms. The van der Waals surface area contributed by atoms with Crippen molar-refractivity contribution in [2.75, 3.05) is 13.2 Å². The van der Waals surface area contributed by atoms with Crippen molar-refractivity contribution in [1.29, 1.82) is 0 Å². The Hall–Kier alpha value is -1.42. The highest BCUT2D eigenvalue weighted by Gasteiger charge is 2.20. The number of morpholine rings is 1. The fourth-order valence-electron chi connectivity index (χ4n) is 1.39. The topological polar surface area (TPSA) is 51.2 Å². The molecule has 2 heterocycles. The molecular weight excluding hydrogens is 180 g/mol. The van der Waals surface area contributed by atoms with E-state index in [-0.39, 0.29) is 18.6 Å². The van der Waals surface area contributed by atoms with Gasteiger partial charge in [-0.25, -0.2) is 0 Å². The van der Waals surface area contributed by atoms with Gasteiger partial charge in [0.05, 0.1) is 18.3 Å². The zero-order valence-corrected chi connectivity index (χ0v) is 7.99. The predicted molar refractivity (Wildman–Crippen MR) is 50.7 cm³/mol. The van der Waals surface area contributed by atoms with E-state index in [2.05, 4.69) is 10.3 Å². The van der Waals surface area contributed by atoms with Crippen molar-refractivity contribution in [1.82, 2.24) is 10.3 Å². The smallest absolute Gasteiger partial charge is 0.246 e. The summed E-state index contributed by atoms with van der Waals surface area (Å²) in [5.41, 5.74) is 1.96. The van der Waals surface area contributed by atoms with Crippen LogP contribution in [0.2, 0.25) is 0 Å². The first-order chi connectivity index (χ1) is 6.75. The summed E-state index contributed by atoms with van der Waals surface area (Å²) >= 11 is 0. The molecule has 0 spiro atoms. The Balaban J connectivity index is 2.14. The van der Waals surface area contributed by atoms with Gasteiger partial charge in [-0.05, 0) is 18.6 Å². The van der Waals surface area contributed by atoms with E-state index in [0.29, 0.717) is 6.61 Å². The second kappa shape index (κ2) is 3.75. The molecule has 4 heteroatoms. The molecule has 1 unspecified atom stereocenters. The summed E-state index contributed by atoms with van der Waals surface area (Å²) in [6.07, 6.45) is 1.79. The summed E-state index contributed by atoms with van der Waals surface area (Å²) in [5.74, 6) is -0.0800. The molecule has 4 nitrogen and oxygen atoms in total. The molecule has 1 aliphatic rings. The molecule has 0 saturated carbocycles. The van der Waals surface area contributed by atoms with Crippen LogP contribution >= 0.6 is 0 Å². The van der Waals surface area contributed by atoms with E-state index in [0.717, 1.165) is 11.3 Å². The normalized spacial score (nSPS) is 21.8. The number of aryl methyl sites for hydroxylation is 1. The second-order valence-corrected chi connectivity index (χ2v) is 3.40. The molecule has 1 aliphatic heterocycles. The van der Waals surface area contributed by atoms with Crippen LogP contribution in [0.1, 0.15) is 17.3 Å². The van der Waals surface area contributed by atoms with E-state index in [1.54, 1.807) is 6.20 Å². The molecule has 74 valence electrons. The van der Waals surface area contributed by atoms with Crippen LogP contribution in [-0.4, -0.2) is 24.1 Å². The Morgan fingerprint density at radius 1 is 1.57 bits per heavy atom. The van der Waals surface area contributed by atoms with E-state index in [9.17, 15) is 4.79 Å². The van der Waals surface area contributed by atoms with E-state index >= 15 is 0 Å². The number of carbonyl (C=O) groups is 1. The first-order valence-electron chi connectivity index (χ1n) is 4.55. The van der Waals surface area contributed by atoms with Gasteiger partial charge < -0.3 is 10.1 Å². The number of carbonyl (C=O) groups excluding carboxylic acids is 1. The third-order valence-electron chi connectivity index (χ3n) is 2.14. The first-order valence-corrected chi connectivity index (χ1v) is 4.55. The number of hydrogen-bond acceptors (Lipinski definition) is 3. The average Bonchev–Trinajstić information content (AvgIpc) is 2.19. The predicted octanol–water partition coefficient (Wildman–Crippen LogP) is 0.578. The molecule has 1 N–H and O–H groups in total. The summed E-state index contributed by atoms with van der Waals surface area (Å²) < 4.78 is 5.13. The van der Waals surface area contributed by atoms with E-state index in [1.165, 1.54) is 0 Å². The summed E-state index contributed by atoms with van der Waals surface area (Å²) in [5, 5.41) is 2.83. The minimum Gasteiger partial charge on any atom is -0.369 e. The monoisotopic (exact) mass is 192 g/mol. The van der Waals surface area contributed by atoms with Gasteiger partial charge in [0.25, 0.3) is 0 Å². The fourth-order valence-corrected chi connectivity index (χ4v) is 1.39. The van der Waals surface area contributed by atoms with Crippen LogP contribution in [0.4, 0.5) is 0 Å². The van der Waals surface area contributed by atoms with Crippen molar-refractivity contribution in [3.8, 4) is 0 Å². The third-order valence-corrected chi connectivity index (χ3v) is 2.14. The quantitative estimate of drug-likeness (QED) is 0.708. The Kier molecular flexibility index (Phi) is 2.45. The third kappa shape index (κ3) is 1.90. The molecule has 1 aromatic rings. The van der Waals surface area contributed by atoms with Crippen LogP contribution in [0.25, 0.3) is 0 Å². The lowest BCUT2D eigenvalue weighted by molar-refractivity contribution is -0.131. The summed E-state index contributed by atoms with van der Waals surface area (Å²) in [7, 11) is 0. The summed E-state index contributed by atoms with van der Waals surface area (Å²) in [4.78, 5) is 15.3. The molecule has 1 aromatic heterocycles. The zero-order chi connectivity index (χ0) is 9.97. The molecule has 2 rings (SSSR count). The van der Waals surface area contributed by atoms with Crippen molar-refractivity contribution in [2.45, 2.75) is 13.0 Å². The number of ether oxygens (including phenoxy) is 1. The van der Waals surface area contributed by atoms with Crippen LogP contribution < -0.4 is 5.32 Å². The van der Waals surface area contributed by atoms with Gasteiger partial charge in [0.15, 0.2) is 0 Å². The molecule has 0 aromatic carbocycles. The first kappa shape index (κ1) is 9.15. The summed E-state index contributed by atoms with van der Waals surface area (Å²) in [6, 6.07) is 3.79. The van der Waals surface area contributed by atoms with Gasteiger partial charge in [0.2, 0.25) is 5.91 Å². The number of hydrogen-bond donors (Lipinski definition) is 1. The van der Waals surface area contributed by atoms with Gasteiger partial charge in [-0.2, -0.15) is 0 Å². The SMILES string of the molecule is Cc1ccc(C2COCC(=O)N2)nc1. The second-order valence-electron chi connectivity index (χ2n) is 3.40. The molecule has 0 radical (unpaired) electrons. The van der Waals surface area contributed by atoms with Crippen LogP contribution in [-0.2, 0) is 9.53 Å². The molecular formula is C10H12N2O2. The van der Waals surface area contributed by atoms with Crippen molar-refractivity contribution in [2.24, 2.45) is 0 Å². The van der Waals surface area contributed by atoms with E-state index in [4.69, 9.17) is 4.74 Å². The lowest BCUT2D eigenvalue weighted by Gasteiger charge is -2.22. The molecule has 1 saturated heterocycles. The molecule has 1 atom stereocenters. The van der Waals surface area contributed by atoms with Crippen LogP contribution in [0.15, 0.2) is 18.3 Å². The Morgan fingerprint density at radius 2 is 2.43 bits per heavy atom. The maximum absolute atomic E-state index is 11.0. The van der Waals surface area contributed by atoms with Gasteiger partial charge >= 0.3 is 0 Å². The van der Waals surface area contributed by atoms with Crippen molar-refractivity contribution >= 4 is 5.91 Å². The van der Waals surface area contributed by atoms with E-state index < -0.39 is 0 Å². The van der Waals surface area contributed by atoms with Crippen LogP contribution in [0.3, 0.4) is 0 Å². The number of aromatic nitrogens is 1. The summed E-state index contributed by atoms with van der Waals surface area (Å²) in [6.45, 7) is 2.64. The van der Waals surface area contributed by atoms with Gasteiger partial charge in [-0.3, -0.25) is 9.78 Å². The van der Waals surface area contributed by atoms with Crippen molar-refractivity contribution in [3.05, 3.63) is 29.6 Å². The number of pyridine rings is 1. The van der Waals surface area contributed by atoms with Gasteiger partial charge in [-0.1, -0.05) is 6.07 Å². The lowest BCUT2D eigenvalue weighted by atomic mass is 10.1. The molecule has 14 heavy (non-hydrogen) atoms. The molecule has 0 aliphatic carbocycles. The largest absolute Gasteiger partial charge is 0.369 e. The Labute approximate surface area is 82.3 Å². The number of nitrogens with one attached hydrogen (secondary N) is 1. The minimum atomic E-state index is -0.100. The maximum atomic E-state index is 11.0. The minimum absolute atomic E-state index is 0.0800. The average molecular weight is 192 g/mol. The fraction of sp³-hybridized carbons (Fsp3) is 0.400. The maximum Gasteiger partial charge on any atom is 0.246 e. The van der Waals surface area contributed by atoms with Gasteiger partial charge in [-0.15, -0.1) is 0 Å². The van der Waals surface area contributed by atoms with Crippen LogP contribution in [0.5, 0.6) is 0 Å². The lowest BCUT2D eigenvalue weighted by Crippen LogP contribution is -2.40.